The van der Waals surface area contributed by atoms with Gasteiger partial charge in [0, 0.05) is 6.10 Å². The summed E-state index contributed by atoms with van der Waals surface area (Å²) >= 11 is 0. The molecule has 98 valence electrons. The summed E-state index contributed by atoms with van der Waals surface area (Å²) in [4.78, 5) is 0. The predicted octanol–water partition coefficient (Wildman–Crippen LogP) is 3.84. The fourth-order valence-electron chi connectivity index (χ4n) is 2.06. The molecule has 1 nitrogen and oxygen atoms in total. The van der Waals surface area contributed by atoms with Crippen molar-refractivity contribution >= 4 is 10.5 Å². The first-order chi connectivity index (χ1) is 7.54. The van der Waals surface area contributed by atoms with E-state index >= 15 is 0 Å². The molecule has 0 bridgehead atoms. The summed E-state index contributed by atoms with van der Waals surface area (Å²) in [6.07, 6.45) is 11.6. The van der Waals surface area contributed by atoms with Gasteiger partial charge in [-0.1, -0.05) is 65.7 Å². The van der Waals surface area contributed by atoms with Gasteiger partial charge in [-0.05, 0) is 18.8 Å². The quantitative estimate of drug-likeness (QED) is 0.419. The number of rotatable bonds is 10. The Morgan fingerprint density at radius 3 is 2.00 bits per heavy atom. The number of hydrogen-bond donors (Lipinski definition) is 0. The van der Waals surface area contributed by atoms with Gasteiger partial charge in [0.25, 0.3) is 0 Å². The van der Waals surface area contributed by atoms with Gasteiger partial charge in [0.2, 0.25) is 0 Å². The highest BCUT2D eigenvalue weighted by atomic mass is 28.2. The van der Waals surface area contributed by atoms with E-state index in [2.05, 4.69) is 27.7 Å². The molecule has 2 heteroatoms. The second-order valence-electron chi connectivity index (χ2n) is 5.74. The van der Waals surface area contributed by atoms with Crippen molar-refractivity contribution in [3.05, 3.63) is 0 Å². The average molecular weight is 244 g/mol. The van der Waals surface area contributed by atoms with Gasteiger partial charge in [-0.25, -0.2) is 0 Å². The molecule has 0 radical (unpaired) electrons. The molecule has 0 fully saturated rings. The highest BCUT2D eigenvalue weighted by Crippen LogP contribution is 2.29. The van der Waals surface area contributed by atoms with E-state index in [0.717, 1.165) is 10.5 Å². The van der Waals surface area contributed by atoms with E-state index in [9.17, 15) is 0 Å². The van der Waals surface area contributed by atoms with Gasteiger partial charge in [0.1, 0.15) is 10.5 Å². The zero-order valence-corrected chi connectivity index (χ0v) is 14.1. The van der Waals surface area contributed by atoms with Crippen LogP contribution in [0.15, 0.2) is 0 Å². The summed E-state index contributed by atoms with van der Waals surface area (Å²) < 4.78 is 5.56. The number of unbranched alkanes of at least 4 members (excludes halogenated alkanes) is 6. The summed E-state index contributed by atoms with van der Waals surface area (Å²) in [5.74, 6) is 0. The Kier molecular flexibility index (Phi) is 9.33. The Morgan fingerprint density at radius 2 is 1.50 bits per heavy atom. The lowest BCUT2D eigenvalue weighted by molar-refractivity contribution is 0.0882. The van der Waals surface area contributed by atoms with Crippen molar-refractivity contribution in [2.75, 3.05) is 0 Å². The largest absolute Gasteiger partial charge is 0.425 e. The van der Waals surface area contributed by atoms with Crippen LogP contribution in [0, 0.1) is 5.41 Å². The summed E-state index contributed by atoms with van der Waals surface area (Å²) in [7, 11) is 0.865. The van der Waals surface area contributed by atoms with Crippen LogP contribution in [0.3, 0.4) is 0 Å². The molecule has 0 aromatic heterocycles. The zero-order chi connectivity index (χ0) is 12.4. The molecule has 0 saturated heterocycles. The molecule has 1 unspecified atom stereocenters. The maximum Gasteiger partial charge on any atom is 0.146 e. The van der Waals surface area contributed by atoms with Crippen molar-refractivity contribution in [1.29, 1.82) is 0 Å². The molecule has 0 N–H and O–H groups in total. The lowest BCUT2D eigenvalue weighted by Crippen LogP contribution is -2.28. The predicted molar refractivity (Wildman–Crippen MR) is 76.9 cm³/mol. The first kappa shape index (κ1) is 16.2. The minimum absolute atomic E-state index is 0.366. The summed E-state index contributed by atoms with van der Waals surface area (Å²) in [5, 5.41) is 0. The first-order valence-corrected chi connectivity index (χ1v) is 7.89. The van der Waals surface area contributed by atoms with Crippen molar-refractivity contribution in [2.24, 2.45) is 5.41 Å². The van der Waals surface area contributed by atoms with Crippen LogP contribution in [0.1, 0.15) is 79.1 Å². The van der Waals surface area contributed by atoms with Crippen molar-refractivity contribution in [3.8, 4) is 0 Å². The SMILES string of the molecule is CCCCCCCCCC(C)(C)C(C)O[SiH3]. The van der Waals surface area contributed by atoms with Crippen molar-refractivity contribution in [3.63, 3.8) is 0 Å². The van der Waals surface area contributed by atoms with E-state index < -0.39 is 0 Å². The van der Waals surface area contributed by atoms with E-state index in [4.69, 9.17) is 4.43 Å². The van der Waals surface area contributed by atoms with Gasteiger partial charge in [0.05, 0.1) is 0 Å². The van der Waals surface area contributed by atoms with Gasteiger partial charge in [0.15, 0.2) is 0 Å². The minimum atomic E-state index is 0.366. The van der Waals surface area contributed by atoms with Crippen LogP contribution in [-0.2, 0) is 4.43 Å². The van der Waals surface area contributed by atoms with Crippen LogP contribution in [0.5, 0.6) is 0 Å². The Balaban J connectivity index is 3.43. The van der Waals surface area contributed by atoms with Crippen LogP contribution < -0.4 is 0 Å². The molecule has 1 atom stereocenters. The highest BCUT2D eigenvalue weighted by molar-refractivity contribution is 5.98. The monoisotopic (exact) mass is 244 g/mol. The van der Waals surface area contributed by atoms with Gasteiger partial charge < -0.3 is 4.43 Å². The Morgan fingerprint density at radius 1 is 1.00 bits per heavy atom. The minimum Gasteiger partial charge on any atom is -0.425 e. The van der Waals surface area contributed by atoms with Crippen molar-refractivity contribution in [1.82, 2.24) is 0 Å². The van der Waals surface area contributed by atoms with Crippen LogP contribution in [-0.4, -0.2) is 16.6 Å². The topological polar surface area (TPSA) is 9.23 Å². The standard InChI is InChI=1S/C14H32OSi/c1-5-6-7-8-9-10-11-12-14(3,4)13(2)15-16/h13H,5-12H2,1-4,16H3. The van der Waals surface area contributed by atoms with E-state index in [1.54, 1.807) is 0 Å². The highest BCUT2D eigenvalue weighted by Gasteiger charge is 2.24. The summed E-state index contributed by atoms with van der Waals surface area (Å²) in [6, 6.07) is 0. The molecule has 0 aliphatic rings. The third-order valence-electron chi connectivity index (χ3n) is 3.88. The molecule has 0 aliphatic heterocycles. The second-order valence-corrected chi connectivity index (χ2v) is 6.21. The van der Waals surface area contributed by atoms with Crippen LogP contribution in [0.25, 0.3) is 0 Å². The van der Waals surface area contributed by atoms with E-state index in [1.807, 2.05) is 0 Å². The Labute approximate surface area is 106 Å². The fraction of sp³-hybridized carbons (Fsp3) is 1.00. The van der Waals surface area contributed by atoms with Gasteiger partial charge in [-0.3, -0.25) is 0 Å². The van der Waals surface area contributed by atoms with Gasteiger partial charge in [-0.2, -0.15) is 0 Å². The molecule has 0 amide bonds. The van der Waals surface area contributed by atoms with Crippen molar-refractivity contribution in [2.45, 2.75) is 85.2 Å². The first-order valence-electron chi connectivity index (χ1n) is 7.07. The van der Waals surface area contributed by atoms with E-state index in [0.29, 0.717) is 11.5 Å². The molecule has 0 aromatic carbocycles. The zero-order valence-electron chi connectivity index (χ0n) is 12.1. The third kappa shape index (κ3) is 7.45. The maximum atomic E-state index is 5.56. The Bertz CT molecular complexity index is 157. The molecule has 0 rings (SSSR count). The van der Waals surface area contributed by atoms with E-state index in [1.165, 1.54) is 51.4 Å². The van der Waals surface area contributed by atoms with E-state index in [-0.39, 0.29) is 0 Å². The molecule has 16 heavy (non-hydrogen) atoms. The normalized spacial score (nSPS) is 14.2. The second kappa shape index (κ2) is 9.23. The fourth-order valence-corrected chi connectivity index (χ4v) is 2.70. The Hall–Kier alpha value is 0.177. The van der Waals surface area contributed by atoms with Gasteiger partial charge >= 0.3 is 0 Å². The molecule has 0 spiro atoms. The molecule has 0 heterocycles. The summed E-state index contributed by atoms with van der Waals surface area (Å²) in [6.45, 7) is 9.17. The molecular formula is C14H32OSi. The van der Waals surface area contributed by atoms with Gasteiger partial charge in [-0.15, -0.1) is 0 Å². The lowest BCUT2D eigenvalue weighted by Gasteiger charge is -2.31. The lowest BCUT2D eigenvalue weighted by atomic mass is 9.82. The third-order valence-corrected chi connectivity index (χ3v) is 4.59. The summed E-state index contributed by atoms with van der Waals surface area (Å²) in [5.41, 5.74) is 0.366. The number of hydrogen-bond acceptors (Lipinski definition) is 1. The maximum absolute atomic E-state index is 5.56. The molecule has 0 aromatic rings. The van der Waals surface area contributed by atoms with Crippen molar-refractivity contribution < 1.29 is 4.43 Å². The molecular weight excluding hydrogens is 212 g/mol. The van der Waals surface area contributed by atoms with Crippen LogP contribution in [0.2, 0.25) is 0 Å². The van der Waals surface area contributed by atoms with Crippen LogP contribution in [0.4, 0.5) is 0 Å². The average Bonchev–Trinajstić information content (AvgIpc) is 2.26. The molecule has 0 saturated carbocycles. The molecule has 0 aliphatic carbocycles. The van der Waals surface area contributed by atoms with Crippen LogP contribution >= 0.6 is 0 Å². The smallest absolute Gasteiger partial charge is 0.146 e.